The number of hydrogen-bond donors (Lipinski definition) is 1. The molecule has 1 amide bonds. The summed E-state index contributed by atoms with van der Waals surface area (Å²) >= 11 is 0. The van der Waals surface area contributed by atoms with Crippen LogP contribution in [0.1, 0.15) is 23.3 Å². The Kier molecular flexibility index (Phi) is 3.08. The van der Waals surface area contributed by atoms with Crippen molar-refractivity contribution in [1.82, 2.24) is 15.1 Å². The second kappa shape index (κ2) is 4.75. The number of likely N-dealkylation sites (tertiary alicyclic amines) is 1. The number of nitrogens with one attached hydrogen (secondary N) is 1. The quantitative estimate of drug-likeness (QED) is 0.757. The molecule has 3 heterocycles. The summed E-state index contributed by atoms with van der Waals surface area (Å²) in [5.74, 6) is -0.856. The van der Waals surface area contributed by atoms with Crippen LogP contribution in [-0.4, -0.2) is 53.1 Å². The topological polar surface area (TPSA) is 84.5 Å². The fraction of sp³-hybridized carbons (Fsp3) is 0.583. The molecule has 19 heavy (non-hydrogen) atoms. The zero-order chi connectivity index (χ0) is 13.3. The number of ether oxygens (including phenoxy) is 2. The van der Waals surface area contributed by atoms with E-state index in [2.05, 4.69) is 10.2 Å². The molecule has 0 bridgehead atoms. The minimum Gasteiger partial charge on any atom is -0.346 e. The van der Waals surface area contributed by atoms with Gasteiger partial charge < -0.3 is 14.4 Å². The zero-order valence-electron chi connectivity index (χ0n) is 10.4. The van der Waals surface area contributed by atoms with Gasteiger partial charge in [-0.3, -0.25) is 9.59 Å². The average Bonchev–Trinajstić information content (AvgIpc) is 2.87. The van der Waals surface area contributed by atoms with Gasteiger partial charge >= 0.3 is 0 Å². The van der Waals surface area contributed by atoms with Crippen LogP contribution in [0, 0.1) is 0 Å². The van der Waals surface area contributed by atoms with Gasteiger partial charge in [-0.2, -0.15) is 5.10 Å². The van der Waals surface area contributed by atoms with Gasteiger partial charge in [0.15, 0.2) is 5.79 Å². The van der Waals surface area contributed by atoms with Gasteiger partial charge in [0, 0.05) is 19.0 Å². The third-order valence-electron chi connectivity index (χ3n) is 3.42. The number of amides is 1. The van der Waals surface area contributed by atoms with Crippen LogP contribution in [0.25, 0.3) is 0 Å². The van der Waals surface area contributed by atoms with Crippen molar-refractivity contribution in [1.29, 1.82) is 0 Å². The number of rotatable bonds is 1. The summed E-state index contributed by atoms with van der Waals surface area (Å²) < 4.78 is 11.2. The number of aromatic amines is 1. The normalized spacial score (nSPS) is 21.8. The SMILES string of the molecule is O=C(c1ccc(=O)[nH]n1)N1CCCC2(C1)OCCO2. The van der Waals surface area contributed by atoms with E-state index in [1.54, 1.807) is 4.90 Å². The summed E-state index contributed by atoms with van der Waals surface area (Å²) in [5.41, 5.74) is -0.0937. The second-order valence-electron chi connectivity index (χ2n) is 4.74. The van der Waals surface area contributed by atoms with Crippen molar-refractivity contribution >= 4 is 5.91 Å². The van der Waals surface area contributed by atoms with E-state index in [-0.39, 0.29) is 17.2 Å². The number of nitrogens with zero attached hydrogens (tertiary/aromatic N) is 2. The Morgan fingerprint density at radius 1 is 1.37 bits per heavy atom. The smallest absolute Gasteiger partial charge is 0.274 e. The Balaban J connectivity index is 1.76. The van der Waals surface area contributed by atoms with Gasteiger partial charge in [-0.15, -0.1) is 0 Å². The first-order chi connectivity index (χ1) is 9.19. The molecule has 0 saturated carbocycles. The average molecular weight is 265 g/mol. The lowest BCUT2D eigenvalue weighted by atomic mass is 10.0. The highest BCUT2D eigenvalue weighted by atomic mass is 16.7. The van der Waals surface area contributed by atoms with Crippen molar-refractivity contribution in [3.05, 3.63) is 28.2 Å². The maximum absolute atomic E-state index is 12.3. The van der Waals surface area contributed by atoms with Crippen molar-refractivity contribution in [2.24, 2.45) is 0 Å². The predicted molar refractivity (Wildman–Crippen MR) is 64.6 cm³/mol. The number of carbonyl (C=O) groups excluding carboxylic acids is 1. The lowest BCUT2D eigenvalue weighted by Gasteiger charge is -2.38. The molecule has 102 valence electrons. The molecule has 0 atom stereocenters. The monoisotopic (exact) mass is 265 g/mol. The fourth-order valence-corrected chi connectivity index (χ4v) is 2.52. The minimum absolute atomic E-state index is 0.213. The molecule has 1 spiro atoms. The van der Waals surface area contributed by atoms with Gasteiger partial charge in [0.2, 0.25) is 0 Å². The molecule has 3 rings (SSSR count). The number of H-pyrrole nitrogens is 1. The van der Waals surface area contributed by atoms with Gasteiger partial charge in [0.05, 0.1) is 19.8 Å². The van der Waals surface area contributed by atoms with Crippen molar-refractivity contribution in [3.8, 4) is 0 Å². The van der Waals surface area contributed by atoms with Crippen LogP contribution in [-0.2, 0) is 9.47 Å². The third-order valence-corrected chi connectivity index (χ3v) is 3.42. The Labute approximate surface area is 109 Å². The first-order valence-electron chi connectivity index (χ1n) is 6.31. The first-order valence-corrected chi connectivity index (χ1v) is 6.31. The van der Waals surface area contributed by atoms with Crippen LogP contribution >= 0.6 is 0 Å². The van der Waals surface area contributed by atoms with Gasteiger partial charge in [-0.1, -0.05) is 0 Å². The summed E-state index contributed by atoms with van der Waals surface area (Å²) in [4.78, 5) is 24.9. The molecule has 2 saturated heterocycles. The van der Waals surface area contributed by atoms with Crippen LogP contribution in [0.2, 0.25) is 0 Å². The van der Waals surface area contributed by atoms with E-state index in [9.17, 15) is 9.59 Å². The van der Waals surface area contributed by atoms with E-state index in [0.29, 0.717) is 26.3 Å². The molecule has 0 aliphatic carbocycles. The van der Waals surface area contributed by atoms with E-state index in [0.717, 1.165) is 12.8 Å². The van der Waals surface area contributed by atoms with E-state index >= 15 is 0 Å². The summed E-state index contributed by atoms with van der Waals surface area (Å²) in [7, 11) is 0. The summed E-state index contributed by atoms with van der Waals surface area (Å²) in [6.45, 7) is 2.19. The van der Waals surface area contributed by atoms with Crippen molar-refractivity contribution in [2.75, 3.05) is 26.3 Å². The second-order valence-corrected chi connectivity index (χ2v) is 4.74. The molecule has 7 nitrogen and oxygen atoms in total. The Morgan fingerprint density at radius 3 is 2.84 bits per heavy atom. The maximum Gasteiger partial charge on any atom is 0.274 e. The van der Waals surface area contributed by atoms with Gasteiger partial charge in [-0.05, 0) is 12.5 Å². The Bertz CT molecular complexity index is 516. The fourth-order valence-electron chi connectivity index (χ4n) is 2.52. The maximum atomic E-state index is 12.3. The van der Waals surface area contributed by atoms with Crippen LogP contribution in [0.5, 0.6) is 0 Å². The molecule has 1 N–H and O–H groups in total. The predicted octanol–water partition coefficient (Wildman–Crippen LogP) is -0.251. The van der Waals surface area contributed by atoms with Crippen molar-refractivity contribution in [3.63, 3.8) is 0 Å². The van der Waals surface area contributed by atoms with E-state index < -0.39 is 5.79 Å². The van der Waals surface area contributed by atoms with Crippen LogP contribution in [0.3, 0.4) is 0 Å². The van der Waals surface area contributed by atoms with Crippen LogP contribution in [0.4, 0.5) is 0 Å². The molecule has 7 heteroatoms. The first kappa shape index (κ1) is 12.3. The van der Waals surface area contributed by atoms with Crippen LogP contribution in [0.15, 0.2) is 16.9 Å². The van der Waals surface area contributed by atoms with Crippen molar-refractivity contribution in [2.45, 2.75) is 18.6 Å². The molecule has 0 radical (unpaired) electrons. The lowest BCUT2D eigenvalue weighted by Crippen LogP contribution is -2.51. The Hall–Kier alpha value is -1.73. The Morgan fingerprint density at radius 2 is 2.16 bits per heavy atom. The molecule has 2 fully saturated rings. The van der Waals surface area contributed by atoms with Gasteiger partial charge in [0.1, 0.15) is 5.69 Å². The molecule has 2 aliphatic rings. The molecular formula is C12H15N3O4. The highest BCUT2D eigenvalue weighted by Crippen LogP contribution is 2.30. The van der Waals surface area contributed by atoms with E-state index in [1.807, 2.05) is 0 Å². The summed E-state index contributed by atoms with van der Waals surface area (Å²) in [6, 6.07) is 2.72. The number of piperidine rings is 1. The summed E-state index contributed by atoms with van der Waals surface area (Å²) in [5, 5.41) is 6.02. The molecule has 0 aromatic carbocycles. The van der Waals surface area contributed by atoms with E-state index in [1.165, 1.54) is 12.1 Å². The summed E-state index contributed by atoms with van der Waals surface area (Å²) in [6.07, 6.45) is 1.63. The number of carbonyl (C=O) groups is 1. The zero-order valence-corrected chi connectivity index (χ0v) is 10.4. The number of hydrogen-bond acceptors (Lipinski definition) is 5. The highest BCUT2D eigenvalue weighted by molar-refractivity contribution is 5.92. The van der Waals surface area contributed by atoms with E-state index in [4.69, 9.17) is 9.47 Å². The minimum atomic E-state index is -0.643. The highest BCUT2D eigenvalue weighted by Gasteiger charge is 2.42. The van der Waals surface area contributed by atoms with Gasteiger partial charge in [-0.25, -0.2) is 5.10 Å². The molecule has 1 aromatic heterocycles. The third kappa shape index (κ3) is 2.39. The van der Waals surface area contributed by atoms with Crippen molar-refractivity contribution < 1.29 is 14.3 Å². The lowest BCUT2D eigenvalue weighted by molar-refractivity contribution is -0.183. The number of aromatic nitrogens is 2. The van der Waals surface area contributed by atoms with Crippen LogP contribution < -0.4 is 5.56 Å². The molecule has 1 aromatic rings. The molecular weight excluding hydrogens is 250 g/mol. The molecule has 2 aliphatic heterocycles. The molecule has 0 unspecified atom stereocenters. The van der Waals surface area contributed by atoms with Gasteiger partial charge in [0.25, 0.3) is 11.5 Å². The largest absolute Gasteiger partial charge is 0.346 e. The standard InChI is InChI=1S/C12H15N3O4/c16-10-3-2-9(13-14-10)11(17)15-5-1-4-12(8-15)18-6-7-19-12/h2-3H,1,4-8H2,(H,14,16).